The summed E-state index contributed by atoms with van der Waals surface area (Å²) < 4.78 is 0. The van der Waals surface area contributed by atoms with E-state index in [9.17, 15) is 42.1 Å². The van der Waals surface area contributed by atoms with Crippen molar-refractivity contribution < 1.29 is 0 Å². The Hall–Kier alpha value is -5.46. The fourth-order valence-electron chi connectivity index (χ4n) is 6.19. The van der Waals surface area contributed by atoms with Gasteiger partial charge in [0.15, 0.2) is 0 Å². The van der Waals surface area contributed by atoms with Gasteiger partial charge in [0, 0.05) is 32.4 Å². The molecule has 2 rings (SSSR count). The Kier molecular flexibility index (Phi) is 23.3. The third-order valence-electron chi connectivity index (χ3n) is 9.15. The normalized spacial score (nSPS) is 9.85. The summed E-state index contributed by atoms with van der Waals surface area (Å²) in [6, 6.07) is 25.6. The molecule has 8 nitrogen and oxygen atoms in total. The zero-order valence-corrected chi connectivity index (χ0v) is 32.6. The van der Waals surface area contributed by atoms with Gasteiger partial charge in [0.1, 0.15) is 70.8 Å². The summed E-state index contributed by atoms with van der Waals surface area (Å²) in [5.41, 5.74) is 1.83. The van der Waals surface area contributed by atoms with E-state index in [0.717, 1.165) is 49.7 Å². The number of nitriles is 8. The lowest BCUT2D eigenvalue weighted by atomic mass is 9.99. The van der Waals surface area contributed by atoms with E-state index in [2.05, 4.69) is 0 Å². The van der Waals surface area contributed by atoms with Crippen LogP contribution in [0.3, 0.4) is 0 Å². The van der Waals surface area contributed by atoms with Gasteiger partial charge in [-0.15, -0.1) is 0 Å². The van der Waals surface area contributed by atoms with Gasteiger partial charge in [-0.25, -0.2) is 0 Å². The molecule has 0 aliphatic heterocycles. The van der Waals surface area contributed by atoms with E-state index in [1.165, 1.54) is 75.7 Å². The molecule has 0 saturated heterocycles. The maximum absolute atomic E-state index is 9.35. The van der Waals surface area contributed by atoms with Gasteiger partial charge in [-0.2, -0.15) is 42.1 Å². The standard InChI is InChI=1S/C44H46N8S2/c45-27-39(28-46)35-19-21-43(41(31-49)32-50)37(25-35)17-13-9-5-1-3-7-11-15-23-53-54-24-16-12-8-4-2-6-10-14-18-38-26-36(40(29-47)30-48)20-22-44(38)42(33-51)34-52/h19-22,25-26H,1-18,23-24H2. The van der Waals surface area contributed by atoms with Gasteiger partial charge in [0.05, 0.1) is 0 Å². The minimum atomic E-state index is 0.0283. The van der Waals surface area contributed by atoms with Crippen LogP contribution >= 0.6 is 21.6 Å². The average molecular weight is 751 g/mol. The zero-order chi connectivity index (χ0) is 39.2. The predicted molar refractivity (Wildman–Crippen MR) is 216 cm³/mol. The number of unbranched alkanes of at least 4 members (excludes halogenated alkanes) is 14. The van der Waals surface area contributed by atoms with Crippen LogP contribution in [0.2, 0.25) is 0 Å². The SMILES string of the molecule is N#CC(C#N)=c1ccc(=C(C#N)C#N)c(CCCCCCCCCCSSCCCCCCCCCCc2cc(=C(C#N)C#N)ccc2=C(C#N)C#N)c1. The molecule has 0 radical (unpaired) electrons. The molecule has 0 heterocycles. The van der Waals surface area contributed by atoms with Crippen molar-refractivity contribution in [3.8, 4) is 48.6 Å². The minimum Gasteiger partial charge on any atom is -0.192 e. The summed E-state index contributed by atoms with van der Waals surface area (Å²) >= 11 is 0. The first-order valence-electron chi connectivity index (χ1n) is 18.7. The molecule has 0 atom stereocenters. The Labute approximate surface area is 328 Å². The van der Waals surface area contributed by atoms with Crippen molar-refractivity contribution in [3.05, 3.63) is 68.4 Å². The third kappa shape index (κ3) is 16.1. The molecule has 0 unspecified atom stereocenters. The fourth-order valence-corrected chi connectivity index (χ4v) is 8.48. The number of aryl methyl sites for hydroxylation is 2. The van der Waals surface area contributed by atoms with E-state index in [0.29, 0.717) is 33.7 Å². The monoisotopic (exact) mass is 750 g/mol. The lowest BCUT2D eigenvalue weighted by Crippen LogP contribution is -2.18. The predicted octanol–water partition coefficient (Wildman–Crippen LogP) is 7.89. The Morgan fingerprint density at radius 1 is 0.352 bits per heavy atom. The number of nitrogens with zero attached hydrogens (tertiary/aromatic N) is 8. The minimum absolute atomic E-state index is 0.0283. The van der Waals surface area contributed by atoms with Crippen molar-refractivity contribution in [3.63, 3.8) is 0 Å². The van der Waals surface area contributed by atoms with Crippen molar-refractivity contribution in [1.29, 1.82) is 42.1 Å². The third-order valence-corrected chi connectivity index (χ3v) is 11.7. The van der Waals surface area contributed by atoms with E-state index < -0.39 is 0 Å². The molecule has 0 aliphatic rings. The van der Waals surface area contributed by atoms with Gasteiger partial charge in [-0.05, 0) is 61.8 Å². The number of hydrogen-bond donors (Lipinski definition) is 0. The molecule has 54 heavy (non-hydrogen) atoms. The van der Waals surface area contributed by atoms with Gasteiger partial charge >= 0.3 is 0 Å². The Bertz CT molecular complexity index is 1930. The largest absolute Gasteiger partial charge is 0.192 e. The van der Waals surface area contributed by atoms with Gasteiger partial charge < -0.3 is 0 Å². The first-order valence-corrected chi connectivity index (χ1v) is 21.2. The van der Waals surface area contributed by atoms with Crippen LogP contribution in [0.15, 0.2) is 36.4 Å². The van der Waals surface area contributed by atoms with Crippen molar-refractivity contribution >= 4 is 43.9 Å². The molecule has 0 spiro atoms. The molecule has 10 heteroatoms. The van der Waals surface area contributed by atoms with Crippen LogP contribution in [0.4, 0.5) is 0 Å². The summed E-state index contributed by atoms with van der Waals surface area (Å²) in [7, 11) is 3.98. The van der Waals surface area contributed by atoms with E-state index in [1.54, 1.807) is 36.4 Å². The molecule has 0 amide bonds. The summed E-state index contributed by atoms with van der Waals surface area (Å²) in [5, 5.41) is 76.5. The maximum Gasteiger partial charge on any atom is 0.137 e. The van der Waals surface area contributed by atoms with Crippen LogP contribution in [0.25, 0.3) is 22.3 Å². The summed E-state index contributed by atoms with van der Waals surface area (Å²) in [4.78, 5) is 0. The van der Waals surface area contributed by atoms with Crippen LogP contribution in [-0.2, 0) is 12.8 Å². The van der Waals surface area contributed by atoms with Crippen molar-refractivity contribution in [2.75, 3.05) is 11.5 Å². The molecule has 2 aromatic rings. The molecular weight excluding hydrogens is 705 g/mol. The molecular formula is C44H46N8S2. The molecule has 0 bridgehead atoms. The average Bonchev–Trinajstić information content (AvgIpc) is 3.19. The molecule has 0 fully saturated rings. The van der Waals surface area contributed by atoms with Gasteiger partial charge in [-0.1, -0.05) is 123 Å². The molecule has 2 aromatic carbocycles. The summed E-state index contributed by atoms with van der Waals surface area (Å²) in [5.74, 6) is 2.39. The van der Waals surface area contributed by atoms with Crippen LogP contribution < -0.4 is 20.9 Å². The highest BCUT2D eigenvalue weighted by atomic mass is 33.1. The number of hydrogen-bond acceptors (Lipinski definition) is 10. The second kappa shape index (κ2) is 28.1. The van der Waals surface area contributed by atoms with E-state index in [4.69, 9.17) is 0 Å². The van der Waals surface area contributed by atoms with Crippen LogP contribution in [0.1, 0.15) is 114 Å². The quantitative estimate of drug-likeness (QED) is 0.0797. The Morgan fingerprint density at radius 2 is 0.630 bits per heavy atom. The molecule has 0 aliphatic carbocycles. The van der Waals surface area contributed by atoms with Gasteiger partial charge in [0.2, 0.25) is 0 Å². The first-order chi connectivity index (χ1) is 26.5. The van der Waals surface area contributed by atoms with Crippen LogP contribution in [-0.4, -0.2) is 11.5 Å². The zero-order valence-electron chi connectivity index (χ0n) is 31.0. The second-order valence-corrected chi connectivity index (χ2v) is 15.6. The van der Waals surface area contributed by atoms with Crippen molar-refractivity contribution in [1.82, 2.24) is 0 Å². The first kappa shape index (κ1) is 44.7. The topological polar surface area (TPSA) is 190 Å². The van der Waals surface area contributed by atoms with Crippen molar-refractivity contribution in [2.24, 2.45) is 0 Å². The van der Waals surface area contributed by atoms with Gasteiger partial charge in [-0.3, -0.25) is 0 Å². The Morgan fingerprint density at radius 3 is 0.926 bits per heavy atom. The van der Waals surface area contributed by atoms with E-state index >= 15 is 0 Å². The smallest absolute Gasteiger partial charge is 0.137 e. The van der Waals surface area contributed by atoms with E-state index in [-0.39, 0.29) is 22.3 Å². The molecule has 0 aromatic heterocycles. The lowest BCUT2D eigenvalue weighted by Gasteiger charge is -2.05. The second-order valence-electron chi connectivity index (χ2n) is 12.9. The molecule has 0 saturated carbocycles. The highest BCUT2D eigenvalue weighted by molar-refractivity contribution is 8.76. The highest BCUT2D eigenvalue weighted by Gasteiger charge is 2.07. The fraction of sp³-hybridized carbons (Fsp3) is 0.455. The number of rotatable bonds is 23. The highest BCUT2D eigenvalue weighted by Crippen LogP contribution is 2.25. The molecule has 0 N–H and O–H groups in total. The molecule has 274 valence electrons. The summed E-state index contributed by atoms with van der Waals surface area (Å²) in [6.45, 7) is 0. The van der Waals surface area contributed by atoms with Gasteiger partial charge in [0.25, 0.3) is 0 Å². The Balaban J connectivity index is 1.49. The van der Waals surface area contributed by atoms with Crippen molar-refractivity contribution in [2.45, 2.75) is 116 Å². The number of benzene rings is 2. The maximum atomic E-state index is 9.35. The summed E-state index contributed by atoms with van der Waals surface area (Å²) in [6.07, 6.45) is 20.0. The lowest BCUT2D eigenvalue weighted by molar-refractivity contribution is 0.576. The van der Waals surface area contributed by atoms with Crippen LogP contribution in [0.5, 0.6) is 0 Å². The van der Waals surface area contributed by atoms with Crippen LogP contribution in [0, 0.1) is 90.6 Å². The van der Waals surface area contributed by atoms with E-state index in [1.807, 2.05) is 70.1 Å².